The molecule has 1 heterocycles. The van der Waals surface area contributed by atoms with Gasteiger partial charge in [-0.2, -0.15) is 0 Å². The summed E-state index contributed by atoms with van der Waals surface area (Å²) < 4.78 is 0. The molecule has 0 aromatic rings. The van der Waals surface area contributed by atoms with Gasteiger partial charge < -0.3 is 15.7 Å². The average Bonchev–Trinajstić information content (AvgIpc) is 2.07. The molecule has 1 rings (SSSR count). The van der Waals surface area contributed by atoms with E-state index in [-0.39, 0.29) is 5.92 Å². The number of piperidine rings is 1. The number of carbonyl (C=O) groups is 1. The highest BCUT2D eigenvalue weighted by atomic mass is 16.3. The number of nitrogens with one attached hydrogen (secondary N) is 2. The molecular formula is C8H16N2O2. The molecule has 2 atom stereocenters. The number of amides is 1. The van der Waals surface area contributed by atoms with E-state index in [2.05, 4.69) is 10.6 Å². The van der Waals surface area contributed by atoms with Gasteiger partial charge >= 0.3 is 0 Å². The normalized spacial score (nSPS) is 36.0. The molecule has 0 bridgehead atoms. The van der Waals surface area contributed by atoms with Crippen LogP contribution >= 0.6 is 0 Å². The van der Waals surface area contributed by atoms with Crippen molar-refractivity contribution in [3.8, 4) is 0 Å². The van der Waals surface area contributed by atoms with Crippen LogP contribution in [0.2, 0.25) is 0 Å². The van der Waals surface area contributed by atoms with Crippen LogP contribution in [0.3, 0.4) is 0 Å². The molecule has 1 fully saturated rings. The fraction of sp³-hybridized carbons (Fsp3) is 0.875. The minimum Gasteiger partial charge on any atom is -0.386 e. The summed E-state index contributed by atoms with van der Waals surface area (Å²) >= 11 is 0. The highest BCUT2D eigenvalue weighted by molar-refractivity contribution is 5.46. The Hall–Kier alpha value is -0.610. The van der Waals surface area contributed by atoms with Gasteiger partial charge in [0.1, 0.15) is 0 Å². The van der Waals surface area contributed by atoms with Gasteiger partial charge in [-0.25, -0.2) is 0 Å². The number of hydrogen-bond donors (Lipinski definition) is 3. The first-order valence-corrected chi connectivity index (χ1v) is 4.29. The van der Waals surface area contributed by atoms with Crippen LogP contribution < -0.4 is 10.6 Å². The van der Waals surface area contributed by atoms with Crippen molar-refractivity contribution in [2.75, 3.05) is 19.6 Å². The molecule has 4 heteroatoms. The first-order chi connectivity index (χ1) is 5.69. The largest absolute Gasteiger partial charge is 0.386 e. The maximum atomic E-state index is 10.1. The van der Waals surface area contributed by atoms with Gasteiger partial charge in [0, 0.05) is 13.1 Å². The second-order valence-corrected chi connectivity index (χ2v) is 3.47. The third kappa shape index (κ3) is 1.95. The summed E-state index contributed by atoms with van der Waals surface area (Å²) in [4.78, 5) is 10.1. The molecule has 0 unspecified atom stereocenters. The van der Waals surface area contributed by atoms with E-state index in [4.69, 9.17) is 0 Å². The van der Waals surface area contributed by atoms with E-state index < -0.39 is 5.60 Å². The first-order valence-electron chi connectivity index (χ1n) is 4.29. The Morgan fingerprint density at radius 1 is 1.83 bits per heavy atom. The number of aliphatic hydroxyl groups is 1. The summed E-state index contributed by atoms with van der Waals surface area (Å²) in [6.07, 6.45) is 1.58. The Balaban J connectivity index is 2.47. The highest BCUT2D eigenvalue weighted by Crippen LogP contribution is 2.22. The van der Waals surface area contributed by atoms with Crippen LogP contribution in [0, 0.1) is 5.92 Å². The van der Waals surface area contributed by atoms with Crippen molar-refractivity contribution in [3.05, 3.63) is 0 Å². The molecule has 3 N–H and O–H groups in total. The van der Waals surface area contributed by atoms with Crippen molar-refractivity contribution >= 4 is 6.41 Å². The van der Waals surface area contributed by atoms with Gasteiger partial charge in [0.15, 0.2) is 0 Å². The van der Waals surface area contributed by atoms with Crippen LogP contribution in [0.15, 0.2) is 0 Å². The summed E-state index contributed by atoms with van der Waals surface area (Å²) in [5, 5.41) is 15.6. The van der Waals surface area contributed by atoms with E-state index in [1.807, 2.05) is 6.92 Å². The summed E-state index contributed by atoms with van der Waals surface area (Å²) in [6.45, 7) is 3.86. The fourth-order valence-electron chi connectivity index (χ4n) is 1.52. The minimum absolute atomic E-state index is 0.242. The lowest BCUT2D eigenvalue weighted by molar-refractivity contribution is -0.111. The minimum atomic E-state index is -0.765. The van der Waals surface area contributed by atoms with E-state index in [0.717, 1.165) is 13.0 Å². The molecular weight excluding hydrogens is 156 g/mol. The molecule has 12 heavy (non-hydrogen) atoms. The maximum absolute atomic E-state index is 10.1. The lowest BCUT2D eigenvalue weighted by atomic mass is 9.83. The molecule has 70 valence electrons. The molecule has 0 aliphatic carbocycles. The topological polar surface area (TPSA) is 61.4 Å². The van der Waals surface area contributed by atoms with Gasteiger partial charge in [0.2, 0.25) is 6.41 Å². The molecule has 1 saturated heterocycles. The Morgan fingerprint density at radius 3 is 3.17 bits per heavy atom. The lowest BCUT2D eigenvalue weighted by Gasteiger charge is -2.38. The summed E-state index contributed by atoms with van der Waals surface area (Å²) in [5.74, 6) is 0.242. The van der Waals surface area contributed by atoms with Crippen LogP contribution in [0.4, 0.5) is 0 Å². The second kappa shape index (κ2) is 3.87. The van der Waals surface area contributed by atoms with Gasteiger partial charge in [0.25, 0.3) is 0 Å². The molecule has 4 nitrogen and oxygen atoms in total. The van der Waals surface area contributed by atoms with Gasteiger partial charge in [-0.1, -0.05) is 6.92 Å². The van der Waals surface area contributed by atoms with Crippen molar-refractivity contribution < 1.29 is 9.90 Å². The number of hydrogen-bond acceptors (Lipinski definition) is 3. The smallest absolute Gasteiger partial charge is 0.207 e. The Kier molecular flexibility index (Phi) is 3.05. The van der Waals surface area contributed by atoms with Crippen LogP contribution in [-0.4, -0.2) is 36.8 Å². The number of β-amino-alcohol motifs (C(OH)–C–C–N with tert-alkyl or cyclic N) is 1. The SMILES string of the molecule is C[C@@H]1CCNC[C@]1(O)CNC=O. The van der Waals surface area contributed by atoms with Crippen LogP contribution in [0.1, 0.15) is 13.3 Å². The zero-order valence-corrected chi connectivity index (χ0v) is 7.34. The standard InChI is InChI=1S/C8H16N2O2/c1-7-2-3-9-4-8(7,12)5-10-6-11/h6-7,9,12H,2-5H2,1H3,(H,10,11)/t7-,8+/m1/s1. The summed E-state index contributed by atoms with van der Waals surface area (Å²) in [6, 6.07) is 0. The van der Waals surface area contributed by atoms with Gasteiger partial charge in [-0.15, -0.1) is 0 Å². The average molecular weight is 172 g/mol. The van der Waals surface area contributed by atoms with E-state index in [1.165, 1.54) is 0 Å². The van der Waals surface area contributed by atoms with Gasteiger partial charge in [0.05, 0.1) is 5.60 Å². The van der Waals surface area contributed by atoms with Gasteiger partial charge in [-0.05, 0) is 18.9 Å². The quantitative estimate of drug-likeness (QED) is 0.483. The van der Waals surface area contributed by atoms with E-state index >= 15 is 0 Å². The predicted octanol–water partition coefficient (Wildman–Crippen LogP) is -0.907. The molecule has 0 aromatic heterocycles. The van der Waals surface area contributed by atoms with Crippen molar-refractivity contribution in [3.63, 3.8) is 0 Å². The van der Waals surface area contributed by atoms with Crippen LogP contribution in [0.25, 0.3) is 0 Å². The van der Waals surface area contributed by atoms with Crippen molar-refractivity contribution in [1.29, 1.82) is 0 Å². The number of rotatable bonds is 3. The van der Waals surface area contributed by atoms with E-state index in [9.17, 15) is 9.90 Å². The molecule has 0 radical (unpaired) electrons. The molecule has 0 saturated carbocycles. The van der Waals surface area contributed by atoms with E-state index in [1.54, 1.807) is 0 Å². The van der Waals surface area contributed by atoms with E-state index in [0.29, 0.717) is 19.5 Å². The fourth-order valence-corrected chi connectivity index (χ4v) is 1.52. The third-order valence-electron chi connectivity index (χ3n) is 2.59. The zero-order chi connectivity index (χ0) is 9.03. The number of carbonyl (C=O) groups excluding carboxylic acids is 1. The molecule has 1 amide bonds. The Morgan fingerprint density at radius 2 is 2.58 bits per heavy atom. The molecule has 1 aliphatic heterocycles. The first kappa shape index (κ1) is 9.48. The maximum Gasteiger partial charge on any atom is 0.207 e. The van der Waals surface area contributed by atoms with Crippen molar-refractivity contribution in [2.24, 2.45) is 5.92 Å². The predicted molar refractivity (Wildman–Crippen MR) is 45.7 cm³/mol. The molecule has 1 aliphatic rings. The zero-order valence-electron chi connectivity index (χ0n) is 7.34. The second-order valence-electron chi connectivity index (χ2n) is 3.47. The van der Waals surface area contributed by atoms with Crippen molar-refractivity contribution in [2.45, 2.75) is 18.9 Å². The summed E-state index contributed by atoms with van der Waals surface area (Å²) in [5.41, 5.74) is -0.765. The lowest BCUT2D eigenvalue weighted by Crippen LogP contribution is -2.56. The van der Waals surface area contributed by atoms with Gasteiger partial charge in [-0.3, -0.25) is 4.79 Å². The summed E-state index contributed by atoms with van der Waals surface area (Å²) in [7, 11) is 0. The van der Waals surface area contributed by atoms with Crippen molar-refractivity contribution in [1.82, 2.24) is 10.6 Å². The molecule has 0 aromatic carbocycles. The monoisotopic (exact) mass is 172 g/mol. The Bertz CT molecular complexity index is 163. The van der Waals surface area contributed by atoms with Crippen LogP contribution in [-0.2, 0) is 4.79 Å². The molecule has 0 spiro atoms. The van der Waals surface area contributed by atoms with Crippen LogP contribution in [0.5, 0.6) is 0 Å². The third-order valence-corrected chi connectivity index (χ3v) is 2.59. The highest BCUT2D eigenvalue weighted by Gasteiger charge is 2.35. The Labute approximate surface area is 72.3 Å².